The number of hydrogen-bond donors (Lipinski definition) is 2. The van der Waals surface area contributed by atoms with Gasteiger partial charge in [0.15, 0.2) is 0 Å². The predicted molar refractivity (Wildman–Crippen MR) is 75.0 cm³/mol. The van der Waals surface area contributed by atoms with Gasteiger partial charge in [-0.25, -0.2) is 0 Å². The Labute approximate surface area is 112 Å². The van der Waals surface area contributed by atoms with E-state index in [4.69, 9.17) is 5.11 Å². The lowest BCUT2D eigenvalue weighted by molar-refractivity contribution is -0.143. The Morgan fingerprint density at radius 1 is 1.16 bits per heavy atom. The van der Waals surface area contributed by atoms with Crippen molar-refractivity contribution in [3.05, 3.63) is 48.0 Å². The molecule has 0 aliphatic heterocycles. The number of rotatable bonds is 5. The van der Waals surface area contributed by atoms with Gasteiger partial charge in [-0.2, -0.15) is 0 Å². The number of carbonyl (C=O) groups is 1. The maximum atomic E-state index is 11.1. The van der Waals surface area contributed by atoms with E-state index < -0.39 is 11.4 Å². The summed E-state index contributed by atoms with van der Waals surface area (Å²) in [5.74, 6) is -0.668. The van der Waals surface area contributed by atoms with Crippen molar-refractivity contribution >= 4 is 16.7 Å². The number of fused-ring (bicyclic) bond motifs is 1. The van der Waals surface area contributed by atoms with Crippen molar-refractivity contribution in [2.75, 3.05) is 6.54 Å². The van der Waals surface area contributed by atoms with Crippen LogP contribution in [-0.4, -0.2) is 17.6 Å². The summed E-state index contributed by atoms with van der Waals surface area (Å²) >= 11 is 0. The Kier molecular flexibility index (Phi) is 2.99. The highest BCUT2D eigenvalue weighted by Crippen LogP contribution is 2.45. The first-order valence-corrected chi connectivity index (χ1v) is 6.61. The Balaban J connectivity index is 1.64. The summed E-state index contributed by atoms with van der Waals surface area (Å²) in [6.07, 6.45) is 1.60. The fourth-order valence-corrected chi connectivity index (χ4v) is 2.41. The summed E-state index contributed by atoms with van der Waals surface area (Å²) in [6, 6.07) is 14.6. The van der Waals surface area contributed by atoms with Gasteiger partial charge < -0.3 is 10.4 Å². The molecule has 0 amide bonds. The molecule has 0 unspecified atom stereocenters. The summed E-state index contributed by atoms with van der Waals surface area (Å²) in [5, 5.41) is 14.8. The monoisotopic (exact) mass is 255 g/mol. The molecule has 0 saturated heterocycles. The topological polar surface area (TPSA) is 49.3 Å². The molecule has 1 fully saturated rings. The minimum absolute atomic E-state index is 0.489. The molecule has 3 rings (SSSR count). The van der Waals surface area contributed by atoms with Crippen LogP contribution in [0.2, 0.25) is 0 Å². The summed E-state index contributed by atoms with van der Waals surface area (Å²) in [4.78, 5) is 11.1. The standard InChI is InChI=1S/C16H17NO2/c18-15(19)16(7-8-16)11-17-10-12-5-6-13-3-1-2-4-14(13)9-12/h1-6,9,17H,7-8,10-11H2,(H,18,19). The van der Waals surface area contributed by atoms with Crippen LogP contribution >= 0.6 is 0 Å². The molecule has 0 aromatic heterocycles. The molecule has 3 heteroatoms. The lowest BCUT2D eigenvalue weighted by atomic mass is 10.1. The second-order valence-corrected chi connectivity index (χ2v) is 5.37. The summed E-state index contributed by atoms with van der Waals surface area (Å²) in [7, 11) is 0. The maximum Gasteiger partial charge on any atom is 0.310 e. The second kappa shape index (κ2) is 4.67. The lowest BCUT2D eigenvalue weighted by Gasteiger charge is -2.11. The van der Waals surface area contributed by atoms with Crippen molar-refractivity contribution in [2.24, 2.45) is 5.41 Å². The van der Waals surface area contributed by atoms with Gasteiger partial charge in [0.25, 0.3) is 0 Å². The molecule has 0 heterocycles. The maximum absolute atomic E-state index is 11.1. The predicted octanol–water partition coefficient (Wildman–Crippen LogP) is 2.79. The average Bonchev–Trinajstić information content (AvgIpc) is 3.20. The molecule has 1 aliphatic carbocycles. The van der Waals surface area contributed by atoms with Crippen LogP contribution in [0.15, 0.2) is 42.5 Å². The van der Waals surface area contributed by atoms with Gasteiger partial charge in [-0.3, -0.25) is 4.79 Å². The smallest absolute Gasteiger partial charge is 0.310 e. The van der Waals surface area contributed by atoms with E-state index in [1.54, 1.807) is 0 Å². The lowest BCUT2D eigenvalue weighted by Crippen LogP contribution is -2.29. The quantitative estimate of drug-likeness (QED) is 0.863. The third-order valence-corrected chi connectivity index (χ3v) is 3.91. The Morgan fingerprint density at radius 3 is 2.58 bits per heavy atom. The zero-order valence-electron chi connectivity index (χ0n) is 10.7. The van der Waals surface area contributed by atoms with Crippen LogP contribution in [0.1, 0.15) is 18.4 Å². The van der Waals surface area contributed by atoms with E-state index in [2.05, 4.69) is 35.6 Å². The molecule has 0 bridgehead atoms. The van der Waals surface area contributed by atoms with Crippen molar-refractivity contribution in [1.82, 2.24) is 5.32 Å². The molecule has 2 N–H and O–H groups in total. The molecule has 3 nitrogen and oxygen atoms in total. The molecule has 19 heavy (non-hydrogen) atoms. The van der Waals surface area contributed by atoms with Crippen molar-refractivity contribution in [3.63, 3.8) is 0 Å². The highest BCUT2D eigenvalue weighted by Gasteiger charge is 2.49. The number of carboxylic acid groups (broad SMARTS) is 1. The average molecular weight is 255 g/mol. The minimum atomic E-state index is -0.668. The van der Waals surface area contributed by atoms with Gasteiger partial charge in [-0.05, 0) is 35.2 Å². The fourth-order valence-electron chi connectivity index (χ4n) is 2.41. The van der Waals surface area contributed by atoms with E-state index >= 15 is 0 Å². The van der Waals surface area contributed by atoms with Crippen molar-refractivity contribution in [2.45, 2.75) is 19.4 Å². The number of nitrogens with one attached hydrogen (secondary N) is 1. The van der Waals surface area contributed by atoms with Gasteiger partial charge in [-0.15, -0.1) is 0 Å². The van der Waals surface area contributed by atoms with Gasteiger partial charge in [0.2, 0.25) is 0 Å². The van der Waals surface area contributed by atoms with Crippen LogP contribution in [0.25, 0.3) is 10.8 Å². The van der Waals surface area contributed by atoms with E-state index in [0.29, 0.717) is 6.54 Å². The van der Waals surface area contributed by atoms with E-state index in [9.17, 15) is 4.79 Å². The summed E-state index contributed by atoms with van der Waals surface area (Å²) < 4.78 is 0. The number of carboxylic acids is 1. The highest BCUT2D eigenvalue weighted by atomic mass is 16.4. The molecular formula is C16H17NO2. The molecule has 1 aliphatic rings. The zero-order chi connectivity index (χ0) is 13.3. The molecule has 0 radical (unpaired) electrons. The second-order valence-electron chi connectivity index (χ2n) is 5.37. The van der Waals surface area contributed by atoms with Gasteiger partial charge >= 0.3 is 5.97 Å². The van der Waals surface area contributed by atoms with Crippen LogP contribution < -0.4 is 5.32 Å². The van der Waals surface area contributed by atoms with Crippen molar-refractivity contribution in [3.8, 4) is 0 Å². The van der Waals surface area contributed by atoms with Crippen LogP contribution in [-0.2, 0) is 11.3 Å². The van der Waals surface area contributed by atoms with E-state index in [1.165, 1.54) is 16.3 Å². The van der Waals surface area contributed by atoms with Crippen LogP contribution in [0.3, 0.4) is 0 Å². The van der Waals surface area contributed by atoms with E-state index in [1.807, 2.05) is 12.1 Å². The first kappa shape index (κ1) is 12.2. The molecule has 2 aromatic carbocycles. The fraction of sp³-hybridized carbons (Fsp3) is 0.312. The van der Waals surface area contributed by atoms with E-state index in [-0.39, 0.29) is 0 Å². The summed E-state index contributed by atoms with van der Waals surface area (Å²) in [6.45, 7) is 1.29. The molecule has 0 spiro atoms. The van der Waals surface area contributed by atoms with Gasteiger partial charge in [0.05, 0.1) is 5.41 Å². The molecule has 2 aromatic rings. The normalized spacial score (nSPS) is 16.4. The highest BCUT2D eigenvalue weighted by molar-refractivity contribution is 5.83. The van der Waals surface area contributed by atoms with Crippen molar-refractivity contribution < 1.29 is 9.90 Å². The molecule has 1 saturated carbocycles. The Hall–Kier alpha value is -1.87. The van der Waals surface area contributed by atoms with Gasteiger partial charge in [0.1, 0.15) is 0 Å². The first-order valence-electron chi connectivity index (χ1n) is 6.61. The third kappa shape index (κ3) is 2.47. The number of aliphatic carboxylic acids is 1. The Morgan fingerprint density at radius 2 is 1.89 bits per heavy atom. The molecule has 98 valence electrons. The van der Waals surface area contributed by atoms with Crippen LogP contribution in [0.4, 0.5) is 0 Å². The minimum Gasteiger partial charge on any atom is -0.481 e. The van der Waals surface area contributed by atoms with Crippen LogP contribution in [0, 0.1) is 5.41 Å². The van der Waals surface area contributed by atoms with Gasteiger partial charge in [-0.1, -0.05) is 36.4 Å². The third-order valence-electron chi connectivity index (χ3n) is 3.91. The SMILES string of the molecule is O=C(O)C1(CNCc2ccc3ccccc3c2)CC1. The van der Waals surface area contributed by atoms with Crippen molar-refractivity contribution in [1.29, 1.82) is 0 Å². The number of hydrogen-bond acceptors (Lipinski definition) is 2. The van der Waals surface area contributed by atoms with Gasteiger partial charge in [0, 0.05) is 13.1 Å². The number of benzene rings is 2. The van der Waals surface area contributed by atoms with E-state index in [0.717, 1.165) is 19.4 Å². The Bertz CT molecular complexity index is 617. The summed E-state index contributed by atoms with van der Waals surface area (Å²) in [5.41, 5.74) is 0.705. The molecular weight excluding hydrogens is 238 g/mol. The largest absolute Gasteiger partial charge is 0.481 e. The molecule has 0 atom stereocenters. The first-order chi connectivity index (χ1) is 9.20. The van der Waals surface area contributed by atoms with Crippen LogP contribution in [0.5, 0.6) is 0 Å². The zero-order valence-corrected chi connectivity index (χ0v) is 10.7.